The summed E-state index contributed by atoms with van der Waals surface area (Å²) in [5, 5.41) is 9.19. The van der Waals surface area contributed by atoms with E-state index < -0.39 is 0 Å². The number of hydrogen-bond acceptors (Lipinski definition) is 2. The Morgan fingerprint density at radius 1 is 1.17 bits per heavy atom. The highest BCUT2D eigenvalue weighted by Gasteiger charge is 2.08. The van der Waals surface area contributed by atoms with Gasteiger partial charge in [-0.05, 0) is 30.5 Å². The van der Waals surface area contributed by atoms with E-state index in [4.69, 9.17) is 0 Å². The van der Waals surface area contributed by atoms with Crippen LogP contribution in [0.5, 0.6) is 0 Å². The maximum absolute atomic E-state index is 13.5. The molecule has 0 aliphatic carbocycles. The SMILES string of the molecule is CCC(CC)CNC(=NC)NCCNC(=O)c1ccc(C)c(F)c1. The molecule has 134 valence electrons. The lowest BCUT2D eigenvalue weighted by atomic mass is 10.0. The van der Waals surface area contributed by atoms with Gasteiger partial charge in [0, 0.05) is 32.2 Å². The molecule has 0 aromatic heterocycles. The van der Waals surface area contributed by atoms with Crippen LogP contribution in [0.4, 0.5) is 4.39 Å². The molecule has 1 aromatic carbocycles. The van der Waals surface area contributed by atoms with Crippen molar-refractivity contribution in [3.63, 3.8) is 0 Å². The molecule has 0 bridgehead atoms. The van der Waals surface area contributed by atoms with Gasteiger partial charge in [-0.1, -0.05) is 32.8 Å². The number of aliphatic imine (C=N–C) groups is 1. The van der Waals surface area contributed by atoms with Crippen molar-refractivity contribution >= 4 is 11.9 Å². The van der Waals surface area contributed by atoms with E-state index >= 15 is 0 Å². The summed E-state index contributed by atoms with van der Waals surface area (Å²) in [6.45, 7) is 7.87. The topological polar surface area (TPSA) is 65.5 Å². The first-order chi connectivity index (χ1) is 11.5. The molecule has 0 heterocycles. The fraction of sp³-hybridized carbons (Fsp3) is 0.556. The molecule has 0 radical (unpaired) electrons. The number of benzene rings is 1. The van der Waals surface area contributed by atoms with Crippen LogP contribution in [-0.4, -0.2) is 38.5 Å². The average molecular weight is 336 g/mol. The molecule has 0 saturated carbocycles. The summed E-state index contributed by atoms with van der Waals surface area (Å²) in [7, 11) is 1.72. The first-order valence-electron chi connectivity index (χ1n) is 8.50. The molecule has 1 amide bonds. The van der Waals surface area contributed by atoms with Crippen molar-refractivity contribution in [2.45, 2.75) is 33.6 Å². The lowest BCUT2D eigenvalue weighted by molar-refractivity contribution is 0.0954. The van der Waals surface area contributed by atoms with Crippen LogP contribution < -0.4 is 16.0 Å². The minimum atomic E-state index is -0.369. The Kier molecular flexibility index (Phi) is 8.83. The summed E-state index contributed by atoms with van der Waals surface area (Å²) in [6, 6.07) is 4.48. The Bertz CT molecular complexity index is 556. The van der Waals surface area contributed by atoms with Crippen molar-refractivity contribution < 1.29 is 9.18 Å². The zero-order chi connectivity index (χ0) is 17.9. The van der Waals surface area contributed by atoms with Gasteiger partial charge in [0.05, 0.1) is 0 Å². The maximum atomic E-state index is 13.5. The molecular formula is C18H29FN4O. The van der Waals surface area contributed by atoms with Gasteiger partial charge in [-0.2, -0.15) is 0 Å². The number of amides is 1. The normalized spacial score (nSPS) is 11.5. The summed E-state index contributed by atoms with van der Waals surface area (Å²) in [5.74, 6) is 0.694. The number of nitrogens with zero attached hydrogens (tertiary/aromatic N) is 1. The third kappa shape index (κ3) is 6.56. The van der Waals surface area contributed by atoms with Gasteiger partial charge in [0.2, 0.25) is 0 Å². The molecule has 1 rings (SSSR count). The van der Waals surface area contributed by atoms with Crippen molar-refractivity contribution in [1.82, 2.24) is 16.0 Å². The van der Waals surface area contributed by atoms with Gasteiger partial charge in [0.15, 0.2) is 5.96 Å². The molecular weight excluding hydrogens is 307 g/mol. The Labute approximate surface area is 144 Å². The molecule has 0 atom stereocenters. The Morgan fingerprint density at radius 3 is 2.42 bits per heavy atom. The molecule has 5 nitrogen and oxygen atoms in total. The molecule has 0 saturated heterocycles. The number of guanidine groups is 1. The van der Waals surface area contributed by atoms with Gasteiger partial charge in [-0.3, -0.25) is 9.79 Å². The predicted molar refractivity (Wildman–Crippen MR) is 96.9 cm³/mol. The molecule has 0 unspecified atom stereocenters. The summed E-state index contributed by atoms with van der Waals surface area (Å²) >= 11 is 0. The minimum Gasteiger partial charge on any atom is -0.356 e. The largest absolute Gasteiger partial charge is 0.356 e. The number of carbonyl (C=O) groups is 1. The Morgan fingerprint density at radius 2 is 1.83 bits per heavy atom. The van der Waals surface area contributed by atoms with E-state index in [-0.39, 0.29) is 11.7 Å². The molecule has 0 fully saturated rings. The average Bonchev–Trinajstić information content (AvgIpc) is 2.59. The van der Waals surface area contributed by atoms with Gasteiger partial charge in [0.25, 0.3) is 5.91 Å². The smallest absolute Gasteiger partial charge is 0.251 e. The number of nitrogens with one attached hydrogen (secondary N) is 3. The van der Waals surface area contributed by atoms with E-state index in [1.54, 1.807) is 26.1 Å². The van der Waals surface area contributed by atoms with Crippen LogP contribution in [-0.2, 0) is 0 Å². The standard InChI is InChI=1S/C18H29FN4O/c1-5-14(6-2)12-23-18(20-4)22-10-9-21-17(24)15-8-7-13(3)16(19)11-15/h7-8,11,14H,5-6,9-10,12H2,1-4H3,(H,21,24)(H2,20,22,23). The molecule has 0 aliphatic heterocycles. The molecule has 0 spiro atoms. The number of halogens is 1. The van der Waals surface area contributed by atoms with Crippen LogP contribution in [0.2, 0.25) is 0 Å². The molecule has 1 aromatic rings. The fourth-order valence-electron chi connectivity index (χ4n) is 2.23. The van der Waals surface area contributed by atoms with Gasteiger partial charge < -0.3 is 16.0 Å². The first-order valence-corrected chi connectivity index (χ1v) is 8.50. The van der Waals surface area contributed by atoms with Crippen LogP contribution in [0.3, 0.4) is 0 Å². The van der Waals surface area contributed by atoms with Gasteiger partial charge in [-0.25, -0.2) is 4.39 Å². The number of aryl methyl sites for hydroxylation is 1. The summed E-state index contributed by atoms with van der Waals surface area (Å²) in [5.41, 5.74) is 0.856. The summed E-state index contributed by atoms with van der Waals surface area (Å²) in [6.07, 6.45) is 2.26. The Balaban J connectivity index is 2.33. The first kappa shape index (κ1) is 19.9. The molecule has 6 heteroatoms. The van der Waals surface area contributed by atoms with Crippen LogP contribution in [0.25, 0.3) is 0 Å². The van der Waals surface area contributed by atoms with Crippen molar-refractivity contribution in [3.8, 4) is 0 Å². The summed E-state index contributed by atoms with van der Waals surface area (Å²) < 4.78 is 13.5. The zero-order valence-electron chi connectivity index (χ0n) is 15.1. The third-order valence-electron chi connectivity index (χ3n) is 4.07. The number of rotatable bonds is 8. The lowest BCUT2D eigenvalue weighted by Crippen LogP contribution is -2.43. The van der Waals surface area contributed by atoms with E-state index in [0.29, 0.717) is 30.1 Å². The second-order valence-electron chi connectivity index (χ2n) is 5.78. The zero-order valence-corrected chi connectivity index (χ0v) is 15.1. The predicted octanol–water partition coefficient (Wildman–Crippen LogP) is 2.47. The van der Waals surface area contributed by atoms with Crippen LogP contribution in [0.1, 0.15) is 42.6 Å². The van der Waals surface area contributed by atoms with E-state index in [2.05, 4.69) is 34.8 Å². The minimum absolute atomic E-state index is 0.282. The lowest BCUT2D eigenvalue weighted by Gasteiger charge is -2.16. The second kappa shape index (κ2) is 10.6. The Hall–Kier alpha value is -2.11. The van der Waals surface area contributed by atoms with Crippen LogP contribution >= 0.6 is 0 Å². The van der Waals surface area contributed by atoms with E-state index in [1.165, 1.54) is 6.07 Å². The van der Waals surface area contributed by atoms with E-state index in [1.807, 2.05) is 0 Å². The maximum Gasteiger partial charge on any atom is 0.251 e. The van der Waals surface area contributed by atoms with Gasteiger partial charge >= 0.3 is 0 Å². The molecule has 24 heavy (non-hydrogen) atoms. The third-order valence-corrected chi connectivity index (χ3v) is 4.07. The van der Waals surface area contributed by atoms with Crippen molar-refractivity contribution in [3.05, 3.63) is 35.1 Å². The monoisotopic (exact) mass is 336 g/mol. The van der Waals surface area contributed by atoms with Crippen LogP contribution in [0, 0.1) is 18.7 Å². The van der Waals surface area contributed by atoms with Crippen molar-refractivity contribution in [2.75, 3.05) is 26.7 Å². The van der Waals surface area contributed by atoms with E-state index in [0.717, 1.165) is 25.3 Å². The van der Waals surface area contributed by atoms with Crippen molar-refractivity contribution in [2.24, 2.45) is 10.9 Å². The highest BCUT2D eigenvalue weighted by atomic mass is 19.1. The van der Waals surface area contributed by atoms with Gasteiger partial charge in [-0.15, -0.1) is 0 Å². The highest BCUT2D eigenvalue weighted by Crippen LogP contribution is 2.08. The highest BCUT2D eigenvalue weighted by molar-refractivity contribution is 5.94. The second-order valence-corrected chi connectivity index (χ2v) is 5.78. The van der Waals surface area contributed by atoms with E-state index in [9.17, 15) is 9.18 Å². The van der Waals surface area contributed by atoms with Crippen LogP contribution in [0.15, 0.2) is 23.2 Å². The number of carbonyl (C=O) groups excluding carboxylic acids is 1. The fourth-order valence-corrected chi connectivity index (χ4v) is 2.23. The number of hydrogen-bond donors (Lipinski definition) is 3. The molecule has 0 aliphatic rings. The quantitative estimate of drug-likeness (QED) is 0.388. The summed E-state index contributed by atoms with van der Waals surface area (Å²) in [4.78, 5) is 16.1. The van der Waals surface area contributed by atoms with Crippen molar-refractivity contribution in [1.29, 1.82) is 0 Å². The molecule has 3 N–H and O–H groups in total. The van der Waals surface area contributed by atoms with Gasteiger partial charge in [0.1, 0.15) is 5.82 Å².